The van der Waals surface area contributed by atoms with Gasteiger partial charge in [-0.3, -0.25) is 4.79 Å². The Morgan fingerprint density at radius 1 is 1.40 bits per heavy atom. The van der Waals surface area contributed by atoms with Gasteiger partial charge in [-0.2, -0.15) is 4.31 Å². The molecule has 8 nitrogen and oxygen atoms in total. The van der Waals surface area contributed by atoms with E-state index in [0.29, 0.717) is 37.2 Å². The van der Waals surface area contributed by atoms with E-state index in [9.17, 15) is 13.2 Å². The van der Waals surface area contributed by atoms with Crippen LogP contribution in [0.2, 0.25) is 0 Å². The van der Waals surface area contributed by atoms with Crippen molar-refractivity contribution >= 4 is 21.6 Å². The van der Waals surface area contributed by atoms with E-state index in [1.54, 1.807) is 49.1 Å². The molecule has 0 bridgehead atoms. The maximum absolute atomic E-state index is 13.0. The molecule has 1 amide bonds. The molecule has 25 heavy (non-hydrogen) atoms. The van der Waals surface area contributed by atoms with E-state index in [1.807, 2.05) is 0 Å². The molecule has 1 atom stereocenters. The molecular formula is C16H21N5O3S. The van der Waals surface area contributed by atoms with E-state index >= 15 is 0 Å². The lowest BCUT2D eigenvalue weighted by Crippen LogP contribution is -2.30. The molecule has 1 unspecified atom stereocenters. The molecular weight excluding hydrogens is 342 g/mol. The normalized spacial score (nSPS) is 18.4. The zero-order chi connectivity index (χ0) is 18.0. The summed E-state index contributed by atoms with van der Waals surface area (Å²) in [5.41, 5.74) is 1.21. The fraction of sp³-hybridized carbons (Fsp3) is 0.438. The molecule has 1 fully saturated rings. The fourth-order valence-corrected chi connectivity index (χ4v) is 4.66. The SMILES string of the molecule is CCC(=O)Nc1ccc(S(=O)(=O)N2CCC(n3ccnn3)C2)c(C)c1. The van der Waals surface area contributed by atoms with Gasteiger partial charge >= 0.3 is 0 Å². The Morgan fingerprint density at radius 3 is 2.84 bits per heavy atom. The standard InChI is InChI=1S/C16H21N5O3S/c1-3-16(22)18-13-4-5-15(12(2)10-13)25(23,24)20-8-6-14(11-20)21-9-7-17-19-21/h4-5,7,9-10,14H,3,6,8,11H2,1-2H3,(H,18,22). The van der Waals surface area contributed by atoms with Crippen LogP contribution in [0.4, 0.5) is 5.69 Å². The Bertz CT molecular complexity index is 864. The predicted molar refractivity (Wildman–Crippen MR) is 92.5 cm³/mol. The fourth-order valence-electron chi connectivity index (χ4n) is 2.96. The van der Waals surface area contributed by atoms with Crippen molar-refractivity contribution in [3.63, 3.8) is 0 Å². The van der Waals surface area contributed by atoms with Gasteiger partial charge in [0.25, 0.3) is 0 Å². The number of anilines is 1. The molecule has 0 aliphatic carbocycles. The van der Waals surface area contributed by atoms with Crippen LogP contribution in [0, 0.1) is 6.92 Å². The Morgan fingerprint density at radius 2 is 2.20 bits per heavy atom. The van der Waals surface area contributed by atoms with Gasteiger partial charge in [-0.1, -0.05) is 12.1 Å². The number of carbonyl (C=O) groups is 1. The Kier molecular flexibility index (Phi) is 4.87. The summed E-state index contributed by atoms with van der Waals surface area (Å²) in [4.78, 5) is 11.7. The molecule has 9 heteroatoms. The van der Waals surface area contributed by atoms with Gasteiger partial charge in [-0.15, -0.1) is 5.10 Å². The number of rotatable bonds is 5. The molecule has 1 aliphatic rings. The third-order valence-corrected chi connectivity index (χ3v) is 6.36. The first-order valence-electron chi connectivity index (χ1n) is 8.18. The first-order chi connectivity index (χ1) is 11.9. The molecule has 3 rings (SSSR count). The minimum atomic E-state index is -3.59. The van der Waals surface area contributed by atoms with E-state index < -0.39 is 10.0 Å². The van der Waals surface area contributed by atoms with Gasteiger partial charge in [0, 0.05) is 31.4 Å². The summed E-state index contributed by atoms with van der Waals surface area (Å²) >= 11 is 0. The molecule has 0 radical (unpaired) electrons. The van der Waals surface area contributed by atoms with Crippen molar-refractivity contribution in [1.82, 2.24) is 19.3 Å². The summed E-state index contributed by atoms with van der Waals surface area (Å²) in [6.45, 7) is 4.32. The number of sulfonamides is 1. The van der Waals surface area contributed by atoms with Gasteiger partial charge < -0.3 is 5.32 Å². The van der Waals surface area contributed by atoms with Crippen molar-refractivity contribution in [1.29, 1.82) is 0 Å². The Hall–Kier alpha value is -2.26. The first-order valence-corrected chi connectivity index (χ1v) is 9.62. The van der Waals surface area contributed by atoms with Gasteiger partial charge in [-0.05, 0) is 37.1 Å². The van der Waals surface area contributed by atoms with Crippen molar-refractivity contribution < 1.29 is 13.2 Å². The van der Waals surface area contributed by atoms with E-state index in [0.717, 1.165) is 0 Å². The van der Waals surface area contributed by atoms with Crippen LogP contribution >= 0.6 is 0 Å². The van der Waals surface area contributed by atoms with E-state index in [-0.39, 0.29) is 16.8 Å². The highest BCUT2D eigenvalue weighted by Gasteiger charge is 2.34. The number of aryl methyl sites for hydroxylation is 1. The second-order valence-electron chi connectivity index (χ2n) is 6.07. The number of nitrogens with zero attached hydrogens (tertiary/aromatic N) is 4. The lowest BCUT2D eigenvalue weighted by atomic mass is 10.2. The number of amides is 1. The molecule has 1 aliphatic heterocycles. The molecule has 1 aromatic carbocycles. The van der Waals surface area contributed by atoms with Gasteiger partial charge in [-0.25, -0.2) is 13.1 Å². The molecule has 0 saturated carbocycles. The highest BCUT2D eigenvalue weighted by molar-refractivity contribution is 7.89. The highest BCUT2D eigenvalue weighted by Crippen LogP contribution is 2.29. The topological polar surface area (TPSA) is 97.2 Å². The smallest absolute Gasteiger partial charge is 0.243 e. The number of benzene rings is 1. The lowest BCUT2D eigenvalue weighted by Gasteiger charge is -2.18. The molecule has 1 N–H and O–H groups in total. The van der Waals surface area contributed by atoms with Crippen LogP contribution in [-0.2, 0) is 14.8 Å². The molecule has 0 spiro atoms. The molecule has 1 saturated heterocycles. The van der Waals surface area contributed by atoms with Crippen LogP contribution in [0.1, 0.15) is 31.4 Å². The summed E-state index contributed by atoms with van der Waals surface area (Å²) in [5, 5.41) is 10.5. The zero-order valence-electron chi connectivity index (χ0n) is 14.2. The van der Waals surface area contributed by atoms with Crippen LogP contribution in [0.25, 0.3) is 0 Å². The quantitative estimate of drug-likeness (QED) is 0.870. The van der Waals surface area contributed by atoms with Gasteiger partial charge in [0.05, 0.1) is 17.1 Å². The summed E-state index contributed by atoms with van der Waals surface area (Å²) < 4.78 is 29.1. The third-order valence-electron chi connectivity index (χ3n) is 4.34. The zero-order valence-corrected chi connectivity index (χ0v) is 15.0. The largest absolute Gasteiger partial charge is 0.326 e. The van der Waals surface area contributed by atoms with Crippen molar-refractivity contribution in [2.24, 2.45) is 0 Å². The molecule has 1 aromatic heterocycles. The van der Waals surface area contributed by atoms with Crippen LogP contribution in [0.3, 0.4) is 0 Å². The molecule has 2 heterocycles. The van der Waals surface area contributed by atoms with Gasteiger partial charge in [0.2, 0.25) is 15.9 Å². The maximum Gasteiger partial charge on any atom is 0.243 e. The van der Waals surface area contributed by atoms with Crippen molar-refractivity contribution in [2.45, 2.75) is 37.6 Å². The lowest BCUT2D eigenvalue weighted by molar-refractivity contribution is -0.115. The van der Waals surface area contributed by atoms with Crippen LogP contribution < -0.4 is 5.32 Å². The number of carbonyl (C=O) groups excluding carboxylic acids is 1. The van der Waals surface area contributed by atoms with Gasteiger partial charge in [0.15, 0.2) is 0 Å². The van der Waals surface area contributed by atoms with Crippen LogP contribution in [0.5, 0.6) is 0 Å². The predicted octanol–water partition coefficient (Wildman–Crippen LogP) is 1.57. The summed E-state index contributed by atoms with van der Waals surface area (Å²) in [6.07, 6.45) is 4.41. The maximum atomic E-state index is 13.0. The number of hydrogen-bond donors (Lipinski definition) is 1. The molecule has 2 aromatic rings. The summed E-state index contributed by atoms with van der Waals surface area (Å²) in [5.74, 6) is -0.106. The van der Waals surface area contributed by atoms with E-state index in [2.05, 4.69) is 15.6 Å². The van der Waals surface area contributed by atoms with E-state index in [4.69, 9.17) is 0 Å². The Labute approximate surface area is 146 Å². The van der Waals surface area contributed by atoms with Crippen LogP contribution in [0.15, 0.2) is 35.5 Å². The van der Waals surface area contributed by atoms with Gasteiger partial charge in [0.1, 0.15) is 0 Å². The number of hydrogen-bond acceptors (Lipinski definition) is 5. The average molecular weight is 363 g/mol. The van der Waals surface area contributed by atoms with Crippen molar-refractivity contribution in [2.75, 3.05) is 18.4 Å². The second kappa shape index (κ2) is 6.93. The number of nitrogens with one attached hydrogen (secondary N) is 1. The Balaban J connectivity index is 1.79. The average Bonchev–Trinajstić information content (AvgIpc) is 3.25. The summed E-state index contributed by atoms with van der Waals surface area (Å²) in [7, 11) is -3.59. The van der Waals surface area contributed by atoms with Crippen molar-refractivity contribution in [3.05, 3.63) is 36.2 Å². The first kappa shape index (κ1) is 17.6. The number of aromatic nitrogens is 3. The monoisotopic (exact) mass is 363 g/mol. The molecule has 134 valence electrons. The highest BCUT2D eigenvalue weighted by atomic mass is 32.2. The van der Waals surface area contributed by atoms with Crippen LogP contribution in [-0.4, -0.2) is 46.7 Å². The van der Waals surface area contributed by atoms with E-state index in [1.165, 1.54) is 4.31 Å². The van der Waals surface area contributed by atoms with Crippen molar-refractivity contribution in [3.8, 4) is 0 Å². The summed E-state index contributed by atoms with van der Waals surface area (Å²) in [6, 6.07) is 4.86. The third kappa shape index (κ3) is 3.57. The minimum Gasteiger partial charge on any atom is -0.326 e. The second-order valence-corrected chi connectivity index (χ2v) is 7.98. The minimum absolute atomic E-state index is 0.000645.